The molecule has 3 aromatic rings. The standard InChI is InChI=1S/C20H17NO2/c1-14-6-2-3-11-18(14)23-13-12-21-17-10-5-8-15-7-4-9-16(19(15)17)20(21)22/h2-11H,12-13H2,1H3. The van der Waals surface area contributed by atoms with Gasteiger partial charge in [0.15, 0.2) is 0 Å². The molecular weight excluding hydrogens is 286 g/mol. The number of hydrogen-bond acceptors (Lipinski definition) is 2. The van der Waals surface area contributed by atoms with Gasteiger partial charge < -0.3 is 9.64 Å². The van der Waals surface area contributed by atoms with Crippen LogP contribution in [0.25, 0.3) is 10.8 Å². The minimum atomic E-state index is 0.0604. The van der Waals surface area contributed by atoms with Gasteiger partial charge in [0.05, 0.1) is 12.2 Å². The number of hydrogen-bond donors (Lipinski definition) is 0. The van der Waals surface area contributed by atoms with Gasteiger partial charge in [0.1, 0.15) is 12.4 Å². The van der Waals surface area contributed by atoms with Crippen LogP contribution in [0.5, 0.6) is 5.75 Å². The molecule has 1 heterocycles. The molecule has 114 valence electrons. The van der Waals surface area contributed by atoms with Crippen molar-refractivity contribution in [1.82, 2.24) is 0 Å². The average Bonchev–Trinajstić information content (AvgIpc) is 2.85. The molecule has 1 aliphatic heterocycles. The number of carbonyl (C=O) groups is 1. The second-order valence-electron chi connectivity index (χ2n) is 5.75. The largest absolute Gasteiger partial charge is 0.491 e. The van der Waals surface area contributed by atoms with Gasteiger partial charge in [-0.25, -0.2) is 0 Å². The summed E-state index contributed by atoms with van der Waals surface area (Å²) in [6.07, 6.45) is 0. The predicted molar refractivity (Wildman–Crippen MR) is 92.3 cm³/mol. The fourth-order valence-corrected chi connectivity index (χ4v) is 3.17. The highest BCUT2D eigenvalue weighted by atomic mass is 16.5. The molecule has 0 spiro atoms. The highest BCUT2D eigenvalue weighted by molar-refractivity contribution is 6.24. The maximum absolute atomic E-state index is 12.7. The number of ether oxygens (including phenoxy) is 1. The van der Waals surface area contributed by atoms with Crippen molar-refractivity contribution in [2.45, 2.75) is 6.92 Å². The van der Waals surface area contributed by atoms with Crippen LogP contribution in [0, 0.1) is 6.92 Å². The van der Waals surface area contributed by atoms with Gasteiger partial charge in [-0.1, -0.05) is 42.5 Å². The van der Waals surface area contributed by atoms with Crippen molar-refractivity contribution in [3.05, 3.63) is 71.8 Å². The highest BCUT2D eigenvalue weighted by Crippen LogP contribution is 2.36. The van der Waals surface area contributed by atoms with Crippen molar-refractivity contribution in [3.8, 4) is 5.75 Å². The minimum absolute atomic E-state index is 0.0604. The lowest BCUT2D eigenvalue weighted by Gasteiger charge is -2.18. The predicted octanol–water partition coefficient (Wildman–Crippen LogP) is 4.19. The van der Waals surface area contributed by atoms with Gasteiger partial charge in [0, 0.05) is 10.9 Å². The smallest absolute Gasteiger partial charge is 0.259 e. The lowest BCUT2D eigenvalue weighted by molar-refractivity contribution is 0.0989. The molecule has 23 heavy (non-hydrogen) atoms. The van der Waals surface area contributed by atoms with E-state index < -0.39 is 0 Å². The summed E-state index contributed by atoms with van der Waals surface area (Å²) >= 11 is 0. The lowest BCUT2D eigenvalue weighted by atomic mass is 10.1. The molecule has 0 N–H and O–H groups in total. The Morgan fingerprint density at radius 2 is 1.74 bits per heavy atom. The molecule has 0 radical (unpaired) electrons. The average molecular weight is 303 g/mol. The minimum Gasteiger partial charge on any atom is -0.491 e. The molecule has 0 fully saturated rings. The molecule has 0 atom stereocenters. The Bertz CT molecular complexity index is 896. The molecule has 0 saturated carbocycles. The number of aryl methyl sites for hydroxylation is 1. The van der Waals surface area contributed by atoms with Gasteiger partial charge in [-0.15, -0.1) is 0 Å². The Labute approximate surface area is 135 Å². The summed E-state index contributed by atoms with van der Waals surface area (Å²) in [5.74, 6) is 0.931. The molecule has 1 aliphatic rings. The number of rotatable bonds is 4. The van der Waals surface area contributed by atoms with E-state index in [0.717, 1.165) is 33.3 Å². The second-order valence-corrected chi connectivity index (χ2v) is 5.75. The number of para-hydroxylation sites is 1. The van der Waals surface area contributed by atoms with Crippen molar-refractivity contribution in [1.29, 1.82) is 0 Å². The van der Waals surface area contributed by atoms with Crippen molar-refractivity contribution in [3.63, 3.8) is 0 Å². The first-order chi connectivity index (χ1) is 11.3. The van der Waals surface area contributed by atoms with Crippen LogP contribution in [0.1, 0.15) is 15.9 Å². The van der Waals surface area contributed by atoms with E-state index in [0.29, 0.717) is 13.2 Å². The molecule has 3 aromatic carbocycles. The van der Waals surface area contributed by atoms with Crippen molar-refractivity contribution in [2.75, 3.05) is 18.1 Å². The summed E-state index contributed by atoms with van der Waals surface area (Å²) in [6.45, 7) is 3.04. The molecule has 0 unspecified atom stereocenters. The molecule has 1 amide bonds. The topological polar surface area (TPSA) is 29.5 Å². The third-order valence-electron chi connectivity index (χ3n) is 4.32. The number of amides is 1. The van der Waals surface area contributed by atoms with Crippen LogP contribution in [0.4, 0.5) is 5.69 Å². The molecule has 0 aromatic heterocycles. The highest BCUT2D eigenvalue weighted by Gasteiger charge is 2.29. The van der Waals surface area contributed by atoms with Crippen LogP contribution in [0.2, 0.25) is 0 Å². The van der Waals surface area contributed by atoms with Gasteiger partial charge in [-0.3, -0.25) is 4.79 Å². The summed E-state index contributed by atoms with van der Waals surface area (Å²) < 4.78 is 5.85. The van der Waals surface area contributed by atoms with E-state index in [4.69, 9.17) is 4.74 Å². The second kappa shape index (κ2) is 5.43. The first kappa shape index (κ1) is 13.8. The number of nitrogens with zero attached hydrogens (tertiary/aromatic N) is 1. The molecule has 3 nitrogen and oxygen atoms in total. The van der Waals surface area contributed by atoms with Gasteiger partial charge in [-0.2, -0.15) is 0 Å². The molecule has 0 aliphatic carbocycles. The SMILES string of the molecule is Cc1ccccc1OCCN1C(=O)c2cccc3cccc1c23. The normalized spacial score (nSPS) is 12.9. The Balaban J connectivity index is 1.56. The van der Waals surface area contributed by atoms with E-state index in [1.54, 1.807) is 0 Å². The van der Waals surface area contributed by atoms with Crippen molar-refractivity contribution < 1.29 is 9.53 Å². The van der Waals surface area contributed by atoms with E-state index in [1.807, 2.05) is 72.5 Å². The molecule has 0 bridgehead atoms. The monoisotopic (exact) mass is 303 g/mol. The fraction of sp³-hybridized carbons (Fsp3) is 0.150. The zero-order valence-electron chi connectivity index (χ0n) is 13.0. The summed E-state index contributed by atoms with van der Waals surface area (Å²) in [4.78, 5) is 14.5. The van der Waals surface area contributed by atoms with Crippen LogP contribution in [-0.4, -0.2) is 19.1 Å². The maximum atomic E-state index is 12.7. The Morgan fingerprint density at radius 1 is 0.957 bits per heavy atom. The van der Waals surface area contributed by atoms with E-state index in [9.17, 15) is 4.79 Å². The van der Waals surface area contributed by atoms with Crippen LogP contribution in [0.15, 0.2) is 60.7 Å². The Hall–Kier alpha value is -2.81. The number of benzene rings is 3. The maximum Gasteiger partial charge on any atom is 0.259 e. The van der Waals surface area contributed by atoms with Gasteiger partial charge >= 0.3 is 0 Å². The van der Waals surface area contributed by atoms with Crippen LogP contribution in [0.3, 0.4) is 0 Å². The fourth-order valence-electron chi connectivity index (χ4n) is 3.17. The van der Waals surface area contributed by atoms with E-state index in [2.05, 4.69) is 0 Å². The van der Waals surface area contributed by atoms with Crippen LogP contribution < -0.4 is 9.64 Å². The zero-order valence-corrected chi connectivity index (χ0v) is 13.0. The Kier molecular flexibility index (Phi) is 3.27. The van der Waals surface area contributed by atoms with E-state index in [1.165, 1.54) is 0 Å². The molecule has 0 saturated heterocycles. The summed E-state index contributed by atoms with van der Waals surface area (Å²) in [7, 11) is 0. The van der Waals surface area contributed by atoms with Gasteiger partial charge in [0.2, 0.25) is 0 Å². The molecule has 3 heteroatoms. The van der Waals surface area contributed by atoms with Crippen LogP contribution in [-0.2, 0) is 0 Å². The van der Waals surface area contributed by atoms with Gasteiger partial charge in [-0.05, 0) is 36.1 Å². The molecular formula is C20H17NO2. The first-order valence-corrected chi connectivity index (χ1v) is 7.78. The van der Waals surface area contributed by atoms with Gasteiger partial charge in [0.25, 0.3) is 5.91 Å². The summed E-state index contributed by atoms with van der Waals surface area (Å²) in [5, 5.41) is 2.16. The van der Waals surface area contributed by atoms with E-state index >= 15 is 0 Å². The van der Waals surface area contributed by atoms with E-state index in [-0.39, 0.29) is 5.91 Å². The lowest BCUT2D eigenvalue weighted by Crippen LogP contribution is -2.31. The van der Waals surface area contributed by atoms with Crippen molar-refractivity contribution in [2.24, 2.45) is 0 Å². The Morgan fingerprint density at radius 3 is 2.57 bits per heavy atom. The number of anilines is 1. The summed E-state index contributed by atoms with van der Waals surface area (Å²) in [5.41, 5.74) is 2.87. The third kappa shape index (κ3) is 2.25. The quantitative estimate of drug-likeness (QED) is 0.723. The zero-order chi connectivity index (χ0) is 15.8. The van der Waals surface area contributed by atoms with Crippen molar-refractivity contribution >= 4 is 22.4 Å². The summed E-state index contributed by atoms with van der Waals surface area (Å²) in [6, 6.07) is 19.8. The first-order valence-electron chi connectivity index (χ1n) is 7.78. The van der Waals surface area contributed by atoms with Crippen LogP contribution >= 0.6 is 0 Å². The third-order valence-corrected chi connectivity index (χ3v) is 4.32. The molecule has 4 rings (SSSR count). The number of carbonyl (C=O) groups excluding carboxylic acids is 1.